The van der Waals surface area contributed by atoms with Gasteiger partial charge in [0.1, 0.15) is 0 Å². The van der Waals surface area contributed by atoms with Crippen molar-refractivity contribution in [2.75, 3.05) is 0 Å². The Hall–Kier alpha value is -0.0100. The van der Waals surface area contributed by atoms with Crippen LogP contribution in [0.15, 0.2) is 11.6 Å². The predicted octanol–water partition coefficient (Wildman–Crippen LogP) is 1.51. The molecule has 7 heavy (non-hydrogen) atoms. The summed E-state index contributed by atoms with van der Waals surface area (Å²) >= 11 is 5.13. The van der Waals surface area contributed by atoms with Gasteiger partial charge in [-0.05, 0) is 12.5 Å². The van der Waals surface area contributed by atoms with Crippen molar-refractivity contribution < 1.29 is 5.11 Å². The molecule has 0 aliphatic rings. The topological polar surface area (TPSA) is 20.2 Å². The third-order valence-electron chi connectivity index (χ3n) is 0.713. The van der Waals surface area contributed by atoms with E-state index in [-0.39, 0.29) is 6.10 Å². The van der Waals surface area contributed by atoms with E-state index in [9.17, 15) is 0 Å². The highest BCUT2D eigenvalue weighted by molar-refractivity contribution is 6.25. The number of hydrogen-bond donors (Lipinski definition) is 1. The normalized spacial score (nSPS) is 15.3. The second-order valence-corrected chi connectivity index (χ2v) is 1.55. The van der Waals surface area contributed by atoms with E-state index in [4.69, 9.17) is 16.7 Å². The van der Waals surface area contributed by atoms with Crippen LogP contribution in [-0.4, -0.2) is 11.2 Å². The van der Waals surface area contributed by atoms with Crippen LogP contribution in [0.3, 0.4) is 0 Å². The summed E-state index contributed by atoms with van der Waals surface area (Å²) in [6.45, 7) is 1.89. The van der Waals surface area contributed by atoms with Gasteiger partial charge >= 0.3 is 0 Å². The van der Waals surface area contributed by atoms with Crippen LogP contribution in [-0.2, 0) is 0 Å². The molecule has 0 saturated carbocycles. The van der Waals surface area contributed by atoms with Crippen LogP contribution in [0.4, 0.5) is 0 Å². The van der Waals surface area contributed by atoms with E-state index in [2.05, 4.69) is 0 Å². The number of aliphatic hydroxyl groups excluding tert-OH is 1. The molecule has 1 unspecified atom stereocenters. The van der Waals surface area contributed by atoms with Gasteiger partial charge in [-0.3, -0.25) is 0 Å². The van der Waals surface area contributed by atoms with Gasteiger partial charge in [-0.25, -0.2) is 0 Å². The van der Waals surface area contributed by atoms with Gasteiger partial charge in [-0.1, -0.05) is 18.5 Å². The Morgan fingerprint density at radius 2 is 2.43 bits per heavy atom. The lowest BCUT2D eigenvalue weighted by molar-refractivity contribution is 0.219. The molecule has 0 aromatic rings. The second-order valence-electron chi connectivity index (χ2n) is 1.29. The highest BCUT2D eigenvalue weighted by Crippen LogP contribution is 1.91. The molecule has 0 saturated heterocycles. The van der Waals surface area contributed by atoms with Gasteiger partial charge in [0, 0.05) is 5.54 Å². The minimum Gasteiger partial charge on any atom is -0.389 e. The molecular weight excluding hydrogens is 112 g/mol. The van der Waals surface area contributed by atoms with Gasteiger partial charge in [-0.15, -0.1) is 0 Å². The summed E-state index contributed by atoms with van der Waals surface area (Å²) in [5.74, 6) is 0. The van der Waals surface area contributed by atoms with Crippen LogP contribution >= 0.6 is 11.6 Å². The van der Waals surface area contributed by atoms with E-state index < -0.39 is 0 Å². The fourth-order valence-electron chi connectivity index (χ4n) is 0.220. The molecule has 0 aliphatic carbocycles. The summed E-state index contributed by atoms with van der Waals surface area (Å²) in [7, 11) is 0. The molecule has 1 nitrogen and oxygen atoms in total. The second kappa shape index (κ2) is 4.16. The average Bonchev–Trinajstić information content (AvgIpc) is 1.68. The summed E-state index contributed by atoms with van der Waals surface area (Å²) in [6, 6.07) is 0. The van der Waals surface area contributed by atoms with E-state index in [1.165, 1.54) is 5.54 Å². The maximum Gasteiger partial charge on any atom is 0.0729 e. The van der Waals surface area contributed by atoms with Crippen LogP contribution in [0, 0.1) is 0 Å². The highest BCUT2D eigenvalue weighted by atomic mass is 35.5. The molecule has 0 amide bonds. The van der Waals surface area contributed by atoms with Crippen LogP contribution in [0.5, 0.6) is 0 Å². The van der Waals surface area contributed by atoms with E-state index in [1.807, 2.05) is 6.92 Å². The van der Waals surface area contributed by atoms with Gasteiger partial charge in [0.25, 0.3) is 0 Å². The predicted molar refractivity (Wildman–Crippen MR) is 31.3 cm³/mol. The van der Waals surface area contributed by atoms with Crippen molar-refractivity contribution in [1.29, 1.82) is 0 Å². The van der Waals surface area contributed by atoms with Crippen LogP contribution < -0.4 is 0 Å². The van der Waals surface area contributed by atoms with E-state index in [0.29, 0.717) is 0 Å². The van der Waals surface area contributed by atoms with Crippen LogP contribution in [0.2, 0.25) is 0 Å². The number of aliphatic hydroxyl groups is 1. The first-order chi connectivity index (χ1) is 3.31. The van der Waals surface area contributed by atoms with Crippen molar-refractivity contribution in [3.63, 3.8) is 0 Å². The maximum atomic E-state index is 8.69. The Bertz CT molecular complexity index is 61.1. The number of hydrogen-bond acceptors (Lipinski definition) is 1. The lowest BCUT2D eigenvalue weighted by Gasteiger charge is -1.94. The molecule has 0 heterocycles. The fourth-order valence-corrected chi connectivity index (χ4v) is 0.388. The maximum absolute atomic E-state index is 8.69. The Morgan fingerprint density at radius 3 is 2.57 bits per heavy atom. The first-order valence-corrected chi connectivity index (χ1v) is 2.69. The zero-order chi connectivity index (χ0) is 5.70. The van der Waals surface area contributed by atoms with Crippen molar-refractivity contribution in [2.45, 2.75) is 19.4 Å². The van der Waals surface area contributed by atoms with Crippen molar-refractivity contribution in [2.24, 2.45) is 0 Å². The molecule has 2 heteroatoms. The van der Waals surface area contributed by atoms with Crippen molar-refractivity contribution in [3.8, 4) is 0 Å². The quantitative estimate of drug-likeness (QED) is 0.586. The average molecular weight is 121 g/mol. The Kier molecular flexibility index (Phi) is 4.15. The Balaban J connectivity index is 3.16. The molecule has 42 valence electrons. The summed E-state index contributed by atoms with van der Waals surface area (Å²) in [5, 5.41) is 8.69. The molecular formula is C5H9ClO. The fraction of sp³-hybridized carbons (Fsp3) is 0.600. The molecule has 0 radical (unpaired) electrons. The van der Waals surface area contributed by atoms with Crippen molar-refractivity contribution in [1.82, 2.24) is 0 Å². The SMILES string of the molecule is CCC(O)C=CCl. The van der Waals surface area contributed by atoms with Gasteiger partial charge in [0.15, 0.2) is 0 Å². The Morgan fingerprint density at radius 1 is 1.86 bits per heavy atom. The lowest BCUT2D eigenvalue weighted by Crippen LogP contribution is -1.96. The Labute approximate surface area is 48.6 Å². The van der Waals surface area contributed by atoms with Gasteiger partial charge in [0.2, 0.25) is 0 Å². The first-order valence-electron chi connectivity index (χ1n) is 2.26. The molecule has 0 aliphatic heterocycles. The minimum atomic E-state index is -0.363. The van der Waals surface area contributed by atoms with E-state index in [0.717, 1.165) is 6.42 Å². The molecule has 0 rings (SSSR count). The molecule has 0 fully saturated rings. The van der Waals surface area contributed by atoms with E-state index >= 15 is 0 Å². The zero-order valence-electron chi connectivity index (χ0n) is 4.26. The van der Waals surface area contributed by atoms with Crippen molar-refractivity contribution >= 4 is 11.6 Å². The largest absolute Gasteiger partial charge is 0.389 e. The molecule has 1 atom stereocenters. The minimum absolute atomic E-state index is 0.363. The monoisotopic (exact) mass is 120 g/mol. The molecule has 0 bridgehead atoms. The summed E-state index contributed by atoms with van der Waals surface area (Å²) < 4.78 is 0. The van der Waals surface area contributed by atoms with E-state index in [1.54, 1.807) is 6.08 Å². The smallest absolute Gasteiger partial charge is 0.0729 e. The number of halogens is 1. The summed E-state index contributed by atoms with van der Waals surface area (Å²) in [5.41, 5.74) is 1.33. The molecule has 1 N–H and O–H groups in total. The third kappa shape index (κ3) is 3.83. The molecule has 0 aromatic heterocycles. The van der Waals surface area contributed by atoms with Crippen LogP contribution in [0.25, 0.3) is 0 Å². The van der Waals surface area contributed by atoms with Crippen molar-refractivity contribution in [3.05, 3.63) is 11.6 Å². The van der Waals surface area contributed by atoms with Gasteiger partial charge < -0.3 is 5.11 Å². The highest BCUT2D eigenvalue weighted by Gasteiger charge is 1.88. The summed E-state index contributed by atoms with van der Waals surface area (Å²) in [4.78, 5) is 0. The van der Waals surface area contributed by atoms with Gasteiger partial charge in [-0.2, -0.15) is 0 Å². The third-order valence-corrected chi connectivity index (χ3v) is 0.859. The lowest BCUT2D eigenvalue weighted by atomic mass is 10.3. The summed E-state index contributed by atoms with van der Waals surface area (Å²) in [6.07, 6.45) is 1.91. The standard InChI is InChI=1S/C5H9ClO/c1-2-5(7)3-4-6/h3-5,7H,2H2,1H3. The first kappa shape index (κ1) is 6.99. The zero-order valence-corrected chi connectivity index (χ0v) is 5.02. The molecule has 0 aromatic carbocycles. The van der Waals surface area contributed by atoms with Crippen LogP contribution in [0.1, 0.15) is 13.3 Å². The molecule has 0 spiro atoms. The van der Waals surface area contributed by atoms with Gasteiger partial charge in [0.05, 0.1) is 6.10 Å². The number of rotatable bonds is 2.